The van der Waals surface area contributed by atoms with Gasteiger partial charge in [-0.3, -0.25) is 0 Å². The Hall–Kier alpha value is -1.24. The third kappa shape index (κ3) is 2.88. The predicted octanol–water partition coefficient (Wildman–Crippen LogP) is 2.78. The molecule has 1 rings (SSSR count). The van der Waals surface area contributed by atoms with E-state index in [-0.39, 0.29) is 0 Å². The van der Waals surface area contributed by atoms with Crippen LogP contribution in [0.2, 0.25) is 5.02 Å². The van der Waals surface area contributed by atoms with Gasteiger partial charge in [-0.15, -0.1) is 0 Å². The Morgan fingerprint density at radius 2 is 2.12 bits per heavy atom. The molecule has 1 atom stereocenters. The summed E-state index contributed by atoms with van der Waals surface area (Å²) >= 11 is 6.02. The molecule has 4 heteroatoms. The molecule has 86 valence electrons. The summed E-state index contributed by atoms with van der Waals surface area (Å²) in [5, 5.41) is 21.9. The van der Waals surface area contributed by atoms with Gasteiger partial charge in [0.05, 0.1) is 34.0 Å². The van der Waals surface area contributed by atoms with Gasteiger partial charge in [0.25, 0.3) is 0 Å². The van der Waals surface area contributed by atoms with Gasteiger partial charge < -0.3 is 10.4 Å². The summed E-state index contributed by atoms with van der Waals surface area (Å²) in [6.45, 7) is 5.48. The molecule has 0 aromatic heterocycles. The SMILES string of the molecule is CC(O)C(C)(C)Nc1ccc(C#N)cc1Cl. The van der Waals surface area contributed by atoms with Crippen LogP contribution in [0.5, 0.6) is 0 Å². The fraction of sp³-hybridized carbons (Fsp3) is 0.417. The van der Waals surface area contributed by atoms with Crippen molar-refractivity contribution >= 4 is 17.3 Å². The lowest BCUT2D eigenvalue weighted by atomic mass is 9.98. The molecule has 0 spiro atoms. The lowest BCUT2D eigenvalue weighted by molar-refractivity contribution is 0.133. The maximum absolute atomic E-state index is 9.58. The molecule has 1 unspecified atom stereocenters. The average molecular weight is 239 g/mol. The Morgan fingerprint density at radius 1 is 1.50 bits per heavy atom. The molecule has 0 saturated carbocycles. The Labute approximate surface area is 101 Å². The van der Waals surface area contributed by atoms with Crippen LogP contribution in [0.25, 0.3) is 0 Å². The lowest BCUT2D eigenvalue weighted by Gasteiger charge is -2.31. The highest BCUT2D eigenvalue weighted by Gasteiger charge is 2.24. The smallest absolute Gasteiger partial charge is 0.0992 e. The number of benzene rings is 1. The number of nitrogens with zero attached hydrogens (tertiary/aromatic N) is 1. The maximum atomic E-state index is 9.58. The van der Waals surface area contributed by atoms with Crippen LogP contribution >= 0.6 is 11.6 Å². The topological polar surface area (TPSA) is 56.0 Å². The van der Waals surface area contributed by atoms with Gasteiger partial charge in [0.1, 0.15) is 0 Å². The van der Waals surface area contributed by atoms with Crippen LogP contribution in [0.3, 0.4) is 0 Å². The average Bonchev–Trinajstić information content (AvgIpc) is 2.20. The number of aliphatic hydroxyl groups is 1. The van der Waals surface area contributed by atoms with Gasteiger partial charge in [-0.05, 0) is 39.0 Å². The van der Waals surface area contributed by atoms with Crippen molar-refractivity contribution in [2.75, 3.05) is 5.32 Å². The highest BCUT2D eigenvalue weighted by molar-refractivity contribution is 6.33. The standard InChI is InChI=1S/C12H15ClN2O/c1-8(16)12(2,3)15-11-5-4-9(7-14)6-10(11)13/h4-6,8,15-16H,1-3H3. The van der Waals surface area contributed by atoms with E-state index in [2.05, 4.69) is 5.32 Å². The second kappa shape index (κ2) is 4.73. The van der Waals surface area contributed by atoms with Gasteiger partial charge in [0, 0.05) is 0 Å². The molecular weight excluding hydrogens is 224 g/mol. The van der Waals surface area contributed by atoms with Gasteiger partial charge in [0.15, 0.2) is 0 Å². The van der Waals surface area contributed by atoms with Gasteiger partial charge in [0.2, 0.25) is 0 Å². The number of anilines is 1. The predicted molar refractivity (Wildman–Crippen MR) is 65.5 cm³/mol. The zero-order valence-corrected chi connectivity index (χ0v) is 10.3. The summed E-state index contributed by atoms with van der Waals surface area (Å²) in [7, 11) is 0. The summed E-state index contributed by atoms with van der Waals surface area (Å²) in [4.78, 5) is 0. The molecular formula is C12H15ClN2O. The fourth-order valence-electron chi connectivity index (χ4n) is 1.14. The molecule has 0 aliphatic heterocycles. The van der Waals surface area contributed by atoms with Gasteiger partial charge >= 0.3 is 0 Å². The van der Waals surface area contributed by atoms with E-state index in [1.807, 2.05) is 19.9 Å². The van der Waals surface area contributed by atoms with E-state index in [1.165, 1.54) is 0 Å². The van der Waals surface area contributed by atoms with Gasteiger partial charge in [-0.2, -0.15) is 5.26 Å². The van der Waals surface area contributed by atoms with Crippen LogP contribution in [-0.2, 0) is 0 Å². The van der Waals surface area contributed by atoms with Gasteiger partial charge in [-0.25, -0.2) is 0 Å². The molecule has 1 aromatic rings. The number of hydrogen-bond donors (Lipinski definition) is 2. The van der Waals surface area contributed by atoms with Crippen molar-refractivity contribution in [1.29, 1.82) is 5.26 Å². The molecule has 0 amide bonds. The molecule has 0 fully saturated rings. The molecule has 1 aromatic carbocycles. The number of rotatable bonds is 3. The summed E-state index contributed by atoms with van der Waals surface area (Å²) in [6.07, 6.45) is -0.515. The van der Waals surface area contributed by atoms with E-state index in [4.69, 9.17) is 16.9 Å². The minimum absolute atomic E-state index is 0.474. The molecule has 16 heavy (non-hydrogen) atoms. The first-order valence-electron chi connectivity index (χ1n) is 5.02. The normalized spacial score (nSPS) is 13.0. The van der Waals surface area contributed by atoms with Crippen LogP contribution in [-0.4, -0.2) is 16.7 Å². The van der Waals surface area contributed by atoms with Crippen molar-refractivity contribution in [3.8, 4) is 6.07 Å². The molecule has 0 heterocycles. The van der Waals surface area contributed by atoms with Crippen molar-refractivity contribution in [1.82, 2.24) is 0 Å². The first kappa shape index (κ1) is 12.8. The fourth-order valence-corrected chi connectivity index (χ4v) is 1.37. The van der Waals surface area contributed by atoms with Gasteiger partial charge in [-0.1, -0.05) is 11.6 Å². The molecule has 0 saturated heterocycles. The third-order valence-corrected chi connectivity index (χ3v) is 2.91. The number of nitriles is 1. The Bertz CT molecular complexity index is 422. The largest absolute Gasteiger partial charge is 0.391 e. The molecule has 0 bridgehead atoms. The molecule has 0 radical (unpaired) electrons. The summed E-state index contributed by atoms with van der Waals surface area (Å²) in [5.41, 5.74) is 0.759. The molecule has 0 aliphatic rings. The maximum Gasteiger partial charge on any atom is 0.0992 e. The third-order valence-electron chi connectivity index (χ3n) is 2.60. The Kier molecular flexibility index (Phi) is 3.79. The zero-order chi connectivity index (χ0) is 12.3. The van der Waals surface area contributed by atoms with Crippen LogP contribution in [0.4, 0.5) is 5.69 Å². The number of halogens is 1. The minimum Gasteiger partial charge on any atom is -0.391 e. The van der Waals surface area contributed by atoms with E-state index < -0.39 is 11.6 Å². The summed E-state index contributed by atoms with van der Waals surface area (Å²) < 4.78 is 0. The number of aliphatic hydroxyl groups excluding tert-OH is 1. The van der Waals surface area contributed by atoms with Crippen LogP contribution in [0, 0.1) is 11.3 Å². The minimum atomic E-state index is -0.515. The van der Waals surface area contributed by atoms with Crippen LogP contribution in [0.1, 0.15) is 26.3 Å². The summed E-state index contributed by atoms with van der Waals surface area (Å²) in [5.74, 6) is 0. The van der Waals surface area contributed by atoms with E-state index in [0.29, 0.717) is 16.3 Å². The Morgan fingerprint density at radius 3 is 2.56 bits per heavy atom. The lowest BCUT2D eigenvalue weighted by Crippen LogP contribution is -2.41. The second-order valence-electron chi connectivity index (χ2n) is 4.33. The van der Waals surface area contributed by atoms with E-state index in [1.54, 1.807) is 25.1 Å². The molecule has 3 nitrogen and oxygen atoms in total. The highest BCUT2D eigenvalue weighted by Crippen LogP contribution is 2.26. The highest BCUT2D eigenvalue weighted by atomic mass is 35.5. The quantitative estimate of drug-likeness (QED) is 0.852. The monoisotopic (exact) mass is 238 g/mol. The second-order valence-corrected chi connectivity index (χ2v) is 4.74. The zero-order valence-electron chi connectivity index (χ0n) is 9.58. The van der Waals surface area contributed by atoms with Crippen molar-refractivity contribution in [2.45, 2.75) is 32.4 Å². The summed E-state index contributed by atoms with van der Waals surface area (Å²) in [6, 6.07) is 7.05. The van der Waals surface area contributed by atoms with Crippen molar-refractivity contribution < 1.29 is 5.11 Å². The van der Waals surface area contributed by atoms with E-state index in [0.717, 1.165) is 0 Å². The Balaban J connectivity index is 2.95. The first-order chi connectivity index (χ1) is 7.36. The van der Waals surface area contributed by atoms with E-state index >= 15 is 0 Å². The number of hydrogen-bond acceptors (Lipinski definition) is 3. The van der Waals surface area contributed by atoms with Crippen molar-refractivity contribution in [3.63, 3.8) is 0 Å². The van der Waals surface area contributed by atoms with E-state index in [9.17, 15) is 5.11 Å². The molecule has 2 N–H and O–H groups in total. The van der Waals surface area contributed by atoms with Crippen LogP contribution in [0.15, 0.2) is 18.2 Å². The first-order valence-corrected chi connectivity index (χ1v) is 5.40. The van der Waals surface area contributed by atoms with Crippen LogP contribution < -0.4 is 5.32 Å². The van der Waals surface area contributed by atoms with Crippen molar-refractivity contribution in [2.24, 2.45) is 0 Å². The van der Waals surface area contributed by atoms with Crippen molar-refractivity contribution in [3.05, 3.63) is 28.8 Å². The molecule has 0 aliphatic carbocycles. The number of nitrogens with one attached hydrogen (secondary N) is 1.